The third-order valence-corrected chi connectivity index (χ3v) is 10.9. The molecule has 0 atom stereocenters. The van der Waals surface area contributed by atoms with E-state index >= 15 is 0 Å². The zero-order valence-corrected chi connectivity index (χ0v) is 25.3. The molecule has 11 rings (SSSR count). The maximum Gasteiger partial charge on any atom is 0.153 e. The van der Waals surface area contributed by atoms with Gasteiger partial charge in [0.25, 0.3) is 0 Å². The van der Waals surface area contributed by atoms with Crippen LogP contribution in [-0.4, -0.2) is 4.57 Å². The van der Waals surface area contributed by atoms with Crippen LogP contribution in [0.3, 0.4) is 0 Å². The first-order valence-electron chi connectivity index (χ1n) is 15.5. The van der Waals surface area contributed by atoms with Crippen molar-refractivity contribution in [3.8, 4) is 16.8 Å². The van der Waals surface area contributed by atoms with E-state index in [-0.39, 0.29) is 0 Å². The highest BCUT2D eigenvalue weighted by molar-refractivity contribution is 7.27. The fourth-order valence-electron chi connectivity index (χ4n) is 7.52. The number of hydrogen-bond acceptors (Lipinski definition) is 3. The van der Waals surface area contributed by atoms with Gasteiger partial charge in [0.15, 0.2) is 5.58 Å². The number of benzene rings is 7. The van der Waals surface area contributed by atoms with Gasteiger partial charge in [0.05, 0.1) is 26.1 Å². The molecular formula is C42H23NO2S. The van der Waals surface area contributed by atoms with Crippen LogP contribution in [0.15, 0.2) is 148 Å². The van der Waals surface area contributed by atoms with Gasteiger partial charge in [0.2, 0.25) is 0 Å². The summed E-state index contributed by atoms with van der Waals surface area (Å²) in [6.07, 6.45) is 0. The highest BCUT2D eigenvalue weighted by Crippen LogP contribution is 2.45. The number of para-hydroxylation sites is 3. The zero-order chi connectivity index (χ0) is 29.9. The Morgan fingerprint density at radius 3 is 1.72 bits per heavy atom. The van der Waals surface area contributed by atoms with E-state index in [1.807, 2.05) is 23.5 Å². The van der Waals surface area contributed by atoms with Gasteiger partial charge in [-0.2, -0.15) is 0 Å². The summed E-state index contributed by atoms with van der Waals surface area (Å²) in [5.41, 5.74) is 9.64. The minimum Gasteiger partial charge on any atom is -0.456 e. The van der Waals surface area contributed by atoms with Crippen molar-refractivity contribution in [1.29, 1.82) is 0 Å². The fourth-order valence-corrected chi connectivity index (χ4v) is 8.81. The van der Waals surface area contributed by atoms with Crippen molar-refractivity contribution in [3.63, 3.8) is 0 Å². The second kappa shape index (κ2) is 8.87. The summed E-state index contributed by atoms with van der Waals surface area (Å²) in [5, 5.41) is 9.57. The predicted octanol–water partition coefficient (Wildman–Crippen LogP) is 12.6. The Bertz CT molecular complexity index is 2990. The Kier molecular flexibility index (Phi) is 4.72. The average Bonchev–Trinajstić information content (AvgIpc) is 3.86. The second-order valence-corrected chi connectivity index (χ2v) is 13.1. The molecule has 4 aromatic heterocycles. The fraction of sp³-hybridized carbons (Fsp3) is 0. The number of fused-ring (bicyclic) bond motifs is 13. The van der Waals surface area contributed by atoms with E-state index in [1.54, 1.807) is 0 Å². The molecule has 214 valence electrons. The van der Waals surface area contributed by atoms with Crippen LogP contribution in [-0.2, 0) is 0 Å². The van der Waals surface area contributed by atoms with Gasteiger partial charge in [0.1, 0.15) is 16.7 Å². The van der Waals surface area contributed by atoms with Crippen molar-refractivity contribution in [2.24, 2.45) is 0 Å². The van der Waals surface area contributed by atoms with Crippen molar-refractivity contribution < 1.29 is 8.83 Å². The van der Waals surface area contributed by atoms with Gasteiger partial charge in [-0.15, -0.1) is 11.3 Å². The number of nitrogens with zero attached hydrogens (tertiary/aromatic N) is 1. The molecule has 0 spiro atoms. The molecule has 11 aromatic rings. The van der Waals surface area contributed by atoms with Crippen molar-refractivity contribution in [3.05, 3.63) is 140 Å². The van der Waals surface area contributed by atoms with E-state index in [0.29, 0.717) is 0 Å². The van der Waals surface area contributed by atoms with Crippen molar-refractivity contribution in [2.45, 2.75) is 0 Å². The van der Waals surface area contributed by atoms with Gasteiger partial charge in [-0.25, -0.2) is 0 Å². The van der Waals surface area contributed by atoms with Crippen LogP contribution >= 0.6 is 11.3 Å². The molecule has 0 radical (unpaired) electrons. The number of rotatable bonds is 2. The largest absolute Gasteiger partial charge is 0.456 e. The highest BCUT2D eigenvalue weighted by Gasteiger charge is 2.19. The van der Waals surface area contributed by atoms with Crippen LogP contribution < -0.4 is 0 Å². The maximum atomic E-state index is 6.66. The monoisotopic (exact) mass is 605 g/mol. The minimum absolute atomic E-state index is 0.904. The zero-order valence-electron chi connectivity index (χ0n) is 24.5. The predicted molar refractivity (Wildman–Crippen MR) is 194 cm³/mol. The standard InChI is InChI=1S/C42H23NO2S/c1-4-12-34-26(8-1)27-9-2-5-13-35(27)43(34)36-14-7-11-30-31-19-18-29-33-23-25(17-21-39(33)45-40(29)42(31)46-41(30)36)24-16-20-38-32(22-24)28-10-3-6-15-37(28)44-38/h1-23H. The molecule has 0 aliphatic heterocycles. The molecule has 0 saturated heterocycles. The summed E-state index contributed by atoms with van der Waals surface area (Å²) < 4.78 is 17.6. The first-order chi connectivity index (χ1) is 22.8. The summed E-state index contributed by atoms with van der Waals surface area (Å²) in [4.78, 5) is 0. The van der Waals surface area contributed by atoms with E-state index in [9.17, 15) is 0 Å². The quantitative estimate of drug-likeness (QED) is 0.196. The summed E-state index contributed by atoms with van der Waals surface area (Å²) in [7, 11) is 0. The Morgan fingerprint density at radius 2 is 0.957 bits per heavy atom. The average molecular weight is 606 g/mol. The Morgan fingerprint density at radius 1 is 0.391 bits per heavy atom. The molecule has 4 heteroatoms. The lowest BCUT2D eigenvalue weighted by Crippen LogP contribution is -1.93. The molecular weight excluding hydrogens is 583 g/mol. The van der Waals surface area contributed by atoms with E-state index in [4.69, 9.17) is 8.83 Å². The topological polar surface area (TPSA) is 31.2 Å². The molecule has 3 nitrogen and oxygen atoms in total. The van der Waals surface area contributed by atoms with Crippen molar-refractivity contribution in [2.75, 3.05) is 0 Å². The lowest BCUT2D eigenvalue weighted by atomic mass is 10.0. The minimum atomic E-state index is 0.904. The number of hydrogen-bond donors (Lipinski definition) is 0. The molecule has 0 amide bonds. The van der Waals surface area contributed by atoms with Gasteiger partial charge >= 0.3 is 0 Å². The Balaban J connectivity index is 1.13. The van der Waals surface area contributed by atoms with Gasteiger partial charge in [0, 0.05) is 43.1 Å². The van der Waals surface area contributed by atoms with Crippen LogP contribution in [0.5, 0.6) is 0 Å². The molecule has 46 heavy (non-hydrogen) atoms. The number of aromatic nitrogens is 1. The summed E-state index contributed by atoms with van der Waals surface area (Å²) in [6.45, 7) is 0. The normalized spacial score (nSPS) is 12.3. The molecule has 0 aliphatic carbocycles. The van der Waals surface area contributed by atoms with Crippen LogP contribution in [0, 0.1) is 0 Å². The third-order valence-electron chi connectivity index (χ3n) is 9.61. The highest BCUT2D eigenvalue weighted by atomic mass is 32.1. The SMILES string of the molecule is c1ccc2c(c1)oc1ccc(-c3ccc4oc5c(ccc6c7cccc(-n8c9ccccc9c9ccccc98)c7sc65)c4c3)cc12. The first-order valence-corrected chi connectivity index (χ1v) is 16.3. The van der Waals surface area contributed by atoms with Gasteiger partial charge < -0.3 is 13.4 Å². The van der Waals surface area contributed by atoms with E-state index in [1.165, 1.54) is 47.7 Å². The van der Waals surface area contributed by atoms with Gasteiger partial charge in [-0.1, -0.05) is 84.9 Å². The molecule has 4 heterocycles. The van der Waals surface area contributed by atoms with Crippen LogP contribution in [0.2, 0.25) is 0 Å². The van der Waals surface area contributed by atoms with E-state index < -0.39 is 0 Å². The molecule has 0 unspecified atom stereocenters. The molecule has 0 bridgehead atoms. The van der Waals surface area contributed by atoms with Crippen molar-refractivity contribution >= 4 is 97.2 Å². The molecule has 0 N–H and O–H groups in total. The molecule has 0 fully saturated rings. The smallest absolute Gasteiger partial charge is 0.153 e. The summed E-state index contributed by atoms with van der Waals surface area (Å²) in [6, 6.07) is 49.8. The summed E-state index contributed by atoms with van der Waals surface area (Å²) >= 11 is 1.83. The van der Waals surface area contributed by atoms with Crippen molar-refractivity contribution in [1.82, 2.24) is 4.57 Å². The molecule has 7 aromatic carbocycles. The lowest BCUT2D eigenvalue weighted by molar-refractivity contribution is 0.669. The van der Waals surface area contributed by atoms with Crippen LogP contribution in [0.1, 0.15) is 0 Å². The Hall–Kier alpha value is -5.84. The van der Waals surface area contributed by atoms with Gasteiger partial charge in [-0.05, 0) is 65.7 Å². The molecule has 0 aliphatic rings. The first kappa shape index (κ1) is 24.5. The lowest BCUT2D eigenvalue weighted by Gasteiger charge is -2.09. The second-order valence-electron chi connectivity index (χ2n) is 12.1. The van der Waals surface area contributed by atoms with Crippen LogP contribution in [0.4, 0.5) is 0 Å². The van der Waals surface area contributed by atoms with Gasteiger partial charge in [-0.3, -0.25) is 0 Å². The van der Waals surface area contributed by atoms with E-state index in [2.05, 4.69) is 132 Å². The third kappa shape index (κ3) is 3.21. The number of furan rings is 2. The van der Waals surface area contributed by atoms with E-state index in [0.717, 1.165) is 55.0 Å². The molecule has 0 saturated carbocycles. The Labute approximate surface area is 266 Å². The number of thiophene rings is 1. The maximum absolute atomic E-state index is 6.66. The van der Waals surface area contributed by atoms with Crippen LogP contribution in [0.25, 0.3) is 103 Å². The summed E-state index contributed by atoms with van der Waals surface area (Å²) in [5.74, 6) is 0.